The van der Waals surface area contributed by atoms with Gasteiger partial charge in [0.1, 0.15) is 16.9 Å². The number of hydrogen-bond donors (Lipinski definition) is 2. The minimum Gasteiger partial charge on any atom is -0.480 e. The summed E-state index contributed by atoms with van der Waals surface area (Å²) in [5.74, 6) is -1.67. The van der Waals surface area contributed by atoms with Crippen LogP contribution in [0.1, 0.15) is 30.7 Å². The lowest BCUT2D eigenvalue weighted by Gasteiger charge is -2.21. The third kappa shape index (κ3) is 2.74. The van der Waals surface area contributed by atoms with E-state index in [2.05, 4.69) is 10.3 Å². The molecule has 0 aliphatic heterocycles. The zero-order valence-electron chi connectivity index (χ0n) is 12.9. The van der Waals surface area contributed by atoms with Crippen molar-refractivity contribution in [3.05, 3.63) is 27.1 Å². The van der Waals surface area contributed by atoms with Crippen molar-refractivity contribution in [2.24, 2.45) is 0 Å². The second-order valence-electron chi connectivity index (χ2n) is 6.19. The Morgan fingerprint density at radius 2 is 2.17 bits per heavy atom. The van der Waals surface area contributed by atoms with Gasteiger partial charge < -0.3 is 10.4 Å². The lowest BCUT2D eigenvalue weighted by molar-refractivity contribution is -0.146. The molecule has 1 aliphatic rings. The molecular weight excluding hydrogens is 318 g/mol. The topological polar surface area (TPSA) is 101 Å². The number of thiophene rings is 1. The summed E-state index contributed by atoms with van der Waals surface area (Å²) in [7, 11) is 0. The minimum atomic E-state index is -1.39. The monoisotopic (exact) mass is 335 g/mol. The smallest absolute Gasteiger partial charge is 0.328 e. The van der Waals surface area contributed by atoms with Crippen LogP contribution in [0.25, 0.3) is 10.2 Å². The second-order valence-corrected chi connectivity index (χ2v) is 7.28. The molecule has 3 rings (SSSR count). The number of nitrogens with one attached hydrogen (secondary N) is 1. The summed E-state index contributed by atoms with van der Waals surface area (Å²) in [5, 5.41) is 12.0. The molecule has 2 aromatic rings. The first-order valence-corrected chi connectivity index (χ1v) is 8.15. The zero-order valence-corrected chi connectivity index (χ0v) is 13.7. The van der Waals surface area contributed by atoms with E-state index in [9.17, 15) is 14.4 Å². The molecule has 23 heavy (non-hydrogen) atoms. The Kier molecular flexibility index (Phi) is 3.71. The highest BCUT2D eigenvalue weighted by Gasteiger charge is 2.29. The van der Waals surface area contributed by atoms with Crippen molar-refractivity contribution in [2.75, 3.05) is 0 Å². The third-order valence-electron chi connectivity index (χ3n) is 3.99. The first-order valence-electron chi connectivity index (χ1n) is 7.33. The van der Waals surface area contributed by atoms with E-state index in [1.807, 2.05) is 0 Å². The lowest BCUT2D eigenvalue weighted by atomic mass is 10.1. The molecule has 0 spiro atoms. The van der Waals surface area contributed by atoms with E-state index in [1.54, 1.807) is 0 Å². The van der Waals surface area contributed by atoms with Crippen LogP contribution in [0.3, 0.4) is 0 Å². The molecule has 0 bridgehead atoms. The number of aliphatic carboxylic acids is 1. The van der Waals surface area contributed by atoms with E-state index in [0.717, 1.165) is 24.8 Å². The van der Waals surface area contributed by atoms with Crippen LogP contribution in [0.5, 0.6) is 0 Å². The Bertz CT molecular complexity index is 865. The number of nitrogens with zero attached hydrogens (tertiary/aromatic N) is 2. The van der Waals surface area contributed by atoms with Crippen LogP contribution in [0.4, 0.5) is 0 Å². The van der Waals surface area contributed by atoms with Crippen molar-refractivity contribution >= 4 is 33.4 Å². The molecule has 8 heteroatoms. The number of carbonyl (C=O) groups excluding carboxylic acids is 1. The molecule has 0 radical (unpaired) electrons. The molecule has 2 N–H and O–H groups in total. The molecule has 122 valence electrons. The molecule has 0 unspecified atom stereocenters. The summed E-state index contributed by atoms with van der Waals surface area (Å²) in [5.41, 5.74) is -0.567. The summed E-state index contributed by atoms with van der Waals surface area (Å²) >= 11 is 1.54. The van der Waals surface area contributed by atoms with Crippen LogP contribution in [-0.2, 0) is 29.0 Å². The van der Waals surface area contributed by atoms with Gasteiger partial charge in [0.2, 0.25) is 5.91 Å². The predicted molar refractivity (Wildman–Crippen MR) is 85.8 cm³/mol. The molecule has 2 heterocycles. The number of rotatable bonds is 4. The first kappa shape index (κ1) is 15.7. The van der Waals surface area contributed by atoms with Crippen LogP contribution >= 0.6 is 11.3 Å². The molecule has 0 fully saturated rings. The van der Waals surface area contributed by atoms with E-state index in [4.69, 9.17) is 5.11 Å². The van der Waals surface area contributed by atoms with E-state index < -0.39 is 17.4 Å². The second kappa shape index (κ2) is 5.45. The van der Waals surface area contributed by atoms with E-state index >= 15 is 0 Å². The molecular formula is C15H17N3O4S. The largest absolute Gasteiger partial charge is 0.480 e. The van der Waals surface area contributed by atoms with Gasteiger partial charge in [0.05, 0.1) is 11.7 Å². The van der Waals surface area contributed by atoms with E-state index in [0.29, 0.717) is 10.2 Å². The Balaban J connectivity index is 1.89. The van der Waals surface area contributed by atoms with E-state index in [1.165, 1.54) is 41.0 Å². The Morgan fingerprint density at radius 3 is 2.87 bits per heavy atom. The summed E-state index contributed by atoms with van der Waals surface area (Å²) in [6.45, 7) is 2.54. The lowest BCUT2D eigenvalue weighted by Crippen LogP contribution is -2.51. The van der Waals surface area contributed by atoms with Gasteiger partial charge in [-0.25, -0.2) is 9.78 Å². The Hall–Kier alpha value is -2.22. The Morgan fingerprint density at radius 1 is 1.43 bits per heavy atom. The van der Waals surface area contributed by atoms with Gasteiger partial charge in [-0.05, 0) is 38.7 Å². The highest BCUT2D eigenvalue weighted by atomic mass is 32.1. The number of carboxylic acid groups (broad SMARTS) is 1. The van der Waals surface area contributed by atoms with Crippen LogP contribution < -0.4 is 10.9 Å². The molecule has 0 saturated carbocycles. The minimum absolute atomic E-state index is 0.238. The summed E-state index contributed by atoms with van der Waals surface area (Å²) in [6, 6.07) is 0. The average molecular weight is 335 g/mol. The maximum Gasteiger partial charge on any atom is 0.328 e. The van der Waals surface area contributed by atoms with Gasteiger partial charge in [0, 0.05) is 4.88 Å². The standard InChI is InChI=1S/C15H17N3O4S/c1-15(2,14(21)22)17-10(19)6-18-7-16-12-11(13(18)20)8-4-3-5-9(8)23-12/h7H,3-6H2,1-2H3,(H,17,19)(H,21,22). The van der Waals surface area contributed by atoms with Crippen molar-refractivity contribution in [3.8, 4) is 0 Å². The highest BCUT2D eigenvalue weighted by Crippen LogP contribution is 2.34. The summed E-state index contributed by atoms with van der Waals surface area (Å²) in [4.78, 5) is 41.9. The van der Waals surface area contributed by atoms with Gasteiger partial charge in [0.25, 0.3) is 5.56 Å². The molecule has 0 atom stereocenters. The van der Waals surface area contributed by atoms with Gasteiger partial charge in [0.15, 0.2) is 0 Å². The van der Waals surface area contributed by atoms with E-state index in [-0.39, 0.29) is 12.1 Å². The molecule has 0 aromatic carbocycles. The van der Waals surface area contributed by atoms with Gasteiger partial charge in [-0.3, -0.25) is 14.2 Å². The fourth-order valence-electron chi connectivity index (χ4n) is 2.73. The van der Waals surface area contributed by atoms with Gasteiger partial charge in [-0.15, -0.1) is 11.3 Å². The molecule has 7 nitrogen and oxygen atoms in total. The molecule has 0 saturated heterocycles. The van der Waals surface area contributed by atoms with Crippen LogP contribution in [0.2, 0.25) is 0 Å². The van der Waals surface area contributed by atoms with Crippen molar-refractivity contribution in [1.82, 2.24) is 14.9 Å². The fraction of sp³-hybridized carbons (Fsp3) is 0.467. The third-order valence-corrected chi connectivity index (χ3v) is 5.19. The van der Waals surface area contributed by atoms with Crippen LogP contribution in [-0.4, -0.2) is 32.1 Å². The highest BCUT2D eigenvalue weighted by molar-refractivity contribution is 7.18. The number of carboxylic acids is 1. The number of aromatic nitrogens is 2. The van der Waals surface area contributed by atoms with Crippen LogP contribution in [0, 0.1) is 0 Å². The fourth-order valence-corrected chi connectivity index (χ4v) is 3.95. The van der Waals surface area contributed by atoms with Crippen molar-refractivity contribution in [1.29, 1.82) is 0 Å². The quantitative estimate of drug-likeness (QED) is 0.865. The normalized spacial score (nSPS) is 14.0. The number of amides is 1. The van der Waals surface area contributed by atoms with Crippen molar-refractivity contribution in [2.45, 2.75) is 45.2 Å². The Labute approximate surface area is 136 Å². The summed E-state index contributed by atoms with van der Waals surface area (Å²) < 4.78 is 1.24. The SMILES string of the molecule is CC(C)(NC(=O)Cn1cnc2sc3c(c2c1=O)CCC3)C(=O)O. The van der Waals surface area contributed by atoms with Crippen molar-refractivity contribution < 1.29 is 14.7 Å². The maximum atomic E-state index is 12.6. The average Bonchev–Trinajstić information content (AvgIpc) is 3.01. The first-order chi connectivity index (χ1) is 10.8. The predicted octanol–water partition coefficient (Wildman–Crippen LogP) is 0.926. The van der Waals surface area contributed by atoms with Crippen LogP contribution in [0.15, 0.2) is 11.1 Å². The van der Waals surface area contributed by atoms with Gasteiger partial charge >= 0.3 is 5.97 Å². The molecule has 2 aromatic heterocycles. The maximum absolute atomic E-state index is 12.6. The number of fused-ring (bicyclic) bond motifs is 3. The van der Waals surface area contributed by atoms with Crippen molar-refractivity contribution in [3.63, 3.8) is 0 Å². The number of aryl methyl sites for hydroxylation is 2. The number of carbonyl (C=O) groups is 2. The van der Waals surface area contributed by atoms with Gasteiger partial charge in [-0.1, -0.05) is 0 Å². The zero-order chi connectivity index (χ0) is 16.8. The summed E-state index contributed by atoms with van der Waals surface area (Å²) in [6.07, 6.45) is 4.24. The number of hydrogen-bond acceptors (Lipinski definition) is 5. The molecule has 1 amide bonds. The van der Waals surface area contributed by atoms with Gasteiger partial charge in [-0.2, -0.15) is 0 Å². The molecule has 1 aliphatic carbocycles.